The number of rotatable bonds is 3. The minimum Gasteiger partial charge on any atom is -0.437 e. The molecule has 8 heavy (non-hydrogen) atoms. The van der Waals surface area contributed by atoms with E-state index in [4.69, 9.17) is 0 Å². The first kappa shape index (κ1) is 7.39. The van der Waals surface area contributed by atoms with Crippen LogP contribution < -0.4 is 0 Å². The van der Waals surface area contributed by atoms with E-state index in [2.05, 4.69) is 9.47 Å². The molecule has 1 radical (unpaired) electrons. The minimum absolute atomic E-state index is 0.138. The molecule has 0 amide bonds. The summed E-state index contributed by atoms with van der Waals surface area (Å²) in [7, 11) is 1.37. The van der Waals surface area contributed by atoms with Gasteiger partial charge in [0.2, 0.25) is 0 Å². The van der Waals surface area contributed by atoms with Crippen LogP contribution in [0.4, 0.5) is 0 Å². The van der Waals surface area contributed by atoms with Crippen molar-refractivity contribution in [3.8, 4) is 0 Å². The lowest BCUT2D eigenvalue weighted by molar-refractivity contribution is -0.159. The first-order valence-corrected chi connectivity index (χ1v) is 2.04. The summed E-state index contributed by atoms with van der Waals surface area (Å²) < 4.78 is 8.50. The summed E-state index contributed by atoms with van der Waals surface area (Å²) in [4.78, 5) is 9.96. The van der Waals surface area contributed by atoms with Crippen LogP contribution in [0.5, 0.6) is 0 Å². The van der Waals surface area contributed by atoms with Crippen molar-refractivity contribution < 1.29 is 19.4 Å². The third-order valence-electron chi connectivity index (χ3n) is 0.456. The molecule has 0 fully saturated rings. The summed E-state index contributed by atoms with van der Waals surface area (Å²) in [6.07, 6.45) is 0. The Morgan fingerprint density at radius 1 is 1.62 bits per heavy atom. The van der Waals surface area contributed by atoms with Gasteiger partial charge in [-0.15, -0.1) is 0 Å². The van der Waals surface area contributed by atoms with E-state index in [-0.39, 0.29) is 6.79 Å². The van der Waals surface area contributed by atoms with E-state index in [1.54, 1.807) is 0 Å². The number of carbonyl (C=O) groups is 1. The second kappa shape index (κ2) is 4.55. The van der Waals surface area contributed by atoms with E-state index >= 15 is 0 Å². The smallest absolute Gasteiger partial charge is 0.337 e. The molecule has 0 bridgehead atoms. The summed E-state index contributed by atoms with van der Waals surface area (Å²) in [5.41, 5.74) is 0. The molecule has 0 heterocycles. The normalized spacial score (nSPS) is 8.75. The Kier molecular flexibility index (Phi) is 4.20. The average molecular weight is 119 g/mol. The largest absolute Gasteiger partial charge is 0.437 e. The fourth-order valence-electron chi connectivity index (χ4n) is 0.166. The molecule has 0 unspecified atom stereocenters. The first-order chi connectivity index (χ1) is 3.81. The van der Waals surface area contributed by atoms with Crippen LogP contribution in [-0.2, 0) is 19.4 Å². The van der Waals surface area contributed by atoms with Crippen molar-refractivity contribution in [3.05, 3.63) is 0 Å². The lowest BCUT2D eigenvalue weighted by Gasteiger charge is -1.96. The number of methoxy groups -OCH3 is 1. The second-order valence-electron chi connectivity index (χ2n) is 1.07. The lowest BCUT2D eigenvalue weighted by atomic mass is 10.7. The number of hydrogen-bond donors (Lipinski definition) is 0. The number of hydrogen-bond acceptors (Lipinski definition) is 3. The van der Waals surface area contributed by atoms with Gasteiger partial charge in [0, 0.05) is 7.11 Å². The fraction of sp³-hybridized carbons (Fsp3) is 0.750. The highest BCUT2D eigenvalue weighted by Crippen LogP contribution is 1.75. The third-order valence-corrected chi connectivity index (χ3v) is 0.456. The van der Waals surface area contributed by atoms with Crippen LogP contribution in [0.1, 0.15) is 0 Å². The Balaban J connectivity index is 2.99. The van der Waals surface area contributed by atoms with Gasteiger partial charge < -0.3 is 9.47 Å². The Morgan fingerprint density at radius 3 is 2.62 bits per heavy atom. The highest BCUT2D eigenvalue weighted by molar-refractivity contribution is 5.70. The maximum atomic E-state index is 9.96. The van der Waals surface area contributed by atoms with Crippen molar-refractivity contribution >= 4 is 5.97 Å². The minimum atomic E-state index is -0.844. The molecule has 0 atom stereocenters. The van der Waals surface area contributed by atoms with Crippen LogP contribution in [-0.4, -0.2) is 26.5 Å². The van der Waals surface area contributed by atoms with E-state index in [0.29, 0.717) is 0 Å². The topological polar surface area (TPSA) is 55.4 Å². The van der Waals surface area contributed by atoms with Gasteiger partial charge in [-0.05, 0) is 0 Å². The van der Waals surface area contributed by atoms with Gasteiger partial charge in [0.25, 0.3) is 0 Å². The van der Waals surface area contributed by atoms with E-state index < -0.39 is 12.6 Å². The van der Waals surface area contributed by atoms with Gasteiger partial charge in [0.15, 0.2) is 13.4 Å². The van der Waals surface area contributed by atoms with Crippen LogP contribution >= 0.6 is 0 Å². The predicted octanol–water partition coefficient (Wildman–Crippen LogP) is -0.436. The Bertz CT molecular complexity index is 70.4. The molecule has 0 saturated heterocycles. The summed E-state index contributed by atoms with van der Waals surface area (Å²) in [5, 5.41) is 9.61. The second-order valence-corrected chi connectivity index (χ2v) is 1.07. The average Bonchev–Trinajstić information content (AvgIpc) is 1.83. The van der Waals surface area contributed by atoms with E-state index in [1.807, 2.05) is 0 Å². The molecule has 0 rings (SSSR count). The quantitative estimate of drug-likeness (QED) is 0.374. The maximum Gasteiger partial charge on any atom is 0.337 e. The molecule has 4 heteroatoms. The molecule has 0 saturated carbocycles. The van der Waals surface area contributed by atoms with Crippen molar-refractivity contribution in [2.45, 2.75) is 0 Å². The summed E-state index contributed by atoms with van der Waals surface area (Å²) in [5.74, 6) is -0.785. The van der Waals surface area contributed by atoms with Gasteiger partial charge in [-0.1, -0.05) is 0 Å². The SMILES string of the molecule is COCOC(=O)C[O]. The highest BCUT2D eigenvalue weighted by Gasteiger charge is 1.96. The first-order valence-electron chi connectivity index (χ1n) is 2.04. The van der Waals surface area contributed by atoms with Crippen molar-refractivity contribution in [1.29, 1.82) is 0 Å². The zero-order valence-corrected chi connectivity index (χ0v) is 4.55. The zero-order valence-electron chi connectivity index (χ0n) is 4.55. The van der Waals surface area contributed by atoms with Gasteiger partial charge >= 0.3 is 5.97 Å². The van der Waals surface area contributed by atoms with Crippen molar-refractivity contribution in [2.24, 2.45) is 0 Å². The monoisotopic (exact) mass is 119 g/mol. The number of esters is 1. The zero-order chi connectivity index (χ0) is 6.41. The third kappa shape index (κ3) is 3.58. The molecule has 0 aliphatic carbocycles. The molecule has 0 spiro atoms. The van der Waals surface area contributed by atoms with Crippen molar-refractivity contribution in [2.75, 3.05) is 20.5 Å². The van der Waals surface area contributed by atoms with Crippen molar-refractivity contribution in [1.82, 2.24) is 0 Å². The van der Waals surface area contributed by atoms with E-state index in [9.17, 15) is 9.90 Å². The molecule has 0 aromatic heterocycles. The molecular formula is C4H7O4. The van der Waals surface area contributed by atoms with Gasteiger partial charge in [0.1, 0.15) is 0 Å². The molecule has 0 aliphatic heterocycles. The highest BCUT2D eigenvalue weighted by atomic mass is 16.7. The molecule has 47 valence electrons. The predicted molar refractivity (Wildman–Crippen MR) is 23.5 cm³/mol. The van der Waals surface area contributed by atoms with Gasteiger partial charge in [-0.3, -0.25) is 0 Å². The Labute approximate surface area is 47.0 Å². The molecule has 0 aromatic rings. The molecule has 4 nitrogen and oxygen atoms in total. The fourth-order valence-corrected chi connectivity index (χ4v) is 0.166. The van der Waals surface area contributed by atoms with Gasteiger partial charge in [-0.25, -0.2) is 9.90 Å². The van der Waals surface area contributed by atoms with Crippen molar-refractivity contribution in [3.63, 3.8) is 0 Å². The summed E-state index contributed by atoms with van der Waals surface area (Å²) >= 11 is 0. The number of carbonyl (C=O) groups excluding carboxylic acids is 1. The van der Waals surface area contributed by atoms with E-state index in [1.165, 1.54) is 7.11 Å². The van der Waals surface area contributed by atoms with Gasteiger partial charge in [-0.2, -0.15) is 0 Å². The van der Waals surface area contributed by atoms with Crippen LogP contribution in [0.2, 0.25) is 0 Å². The van der Waals surface area contributed by atoms with Crippen LogP contribution in [0.15, 0.2) is 0 Å². The van der Waals surface area contributed by atoms with Crippen LogP contribution in [0.25, 0.3) is 0 Å². The van der Waals surface area contributed by atoms with Crippen LogP contribution in [0.3, 0.4) is 0 Å². The summed E-state index contributed by atoms with van der Waals surface area (Å²) in [6, 6.07) is 0. The van der Waals surface area contributed by atoms with Crippen LogP contribution in [0, 0.1) is 0 Å². The Hall–Kier alpha value is -0.610. The number of ether oxygens (including phenoxy) is 2. The molecule has 0 aromatic carbocycles. The molecule has 0 N–H and O–H groups in total. The summed E-state index contributed by atoms with van der Waals surface area (Å²) in [6.45, 7) is -0.982. The van der Waals surface area contributed by atoms with Gasteiger partial charge in [0.05, 0.1) is 0 Å². The molecule has 0 aliphatic rings. The Morgan fingerprint density at radius 2 is 2.25 bits per heavy atom. The lowest BCUT2D eigenvalue weighted by Crippen LogP contribution is -2.09. The van der Waals surface area contributed by atoms with E-state index in [0.717, 1.165) is 0 Å². The maximum absolute atomic E-state index is 9.96. The molecular weight excluding hydrogens is 112 g/mol. The standard InChI is InChI=1S/C4H7O4/c1-7-3-8-4(6)2-5/h2-3H2,1H3.